The Bertz CT molecular complexity index is 537. The molecular weight excluding hydrogens is 362 g/mol. The Kier molecular flexibility index (Phi) is 14.2. The molecule has 0 heterocycles. The molecule has 1 atom stereocenters. The van der Waals surface area contributed by atoms with E-state index in [0.717, 1.165) is 25.7 Å². The summed E-state index contributed by atoms with van der Waals surface area (Å²) >= 11 is 0. The lowest BCUT2D eigenvalue weighted by Gasteiger charge is -2.24. The number of hydrogen-bond donors (Lipinski definition) is 1. The van der Waals surface area contributed by atoms with Crippen LogP contribution in [0, 0.1) is 0 Å². The first-order valence-corrected chi connectivity index (χ1v) is 9.97. The van der Waals surface area contributed by atoms with Crippen LogP contribution in [0.25, 0.3) is 0 Å². The lowest BCUT2D eigenvalue weighted by atomic mass is 10.1. The van der Waals surface area contributed by atoms with Crippen LogP contribution in [-0.4, -0.2) is 46.4 Å². The van der Waals surface area contributed by atoms with E-state index in [-0.39, 0.29) is 6.61 Å². The number of carboxylic acid groups (broad SMARTS) is 1. The van der Waals surface area contributed by atoms with Crippen molar-refractivity contribution in [1.82, 2.24) is 4.90 Å². The van der Waals surface area contributed by atoms with Gasteiger partial charge in [-0.05, 0) is 31.4 Å². The smallest absolute Gasteiger partial charge is 0.327 e. The first-order chi connectivity index (χ1) is 13.4. The molecule has 7 nitrogen and oxygen atoms in total. The highest BCUT2D eigenvalue weighted by atomic mass is 16.5. The van der Waals surface area contributed by atoms with Gasteiger partial charge in [0.1, 0.15) is 6.04 Å². The first kappa shape index (κ1) is 25.6. The van der Waals surface area contributed by atoms with Crippen LogP contribution in [0.5, 0.6) is 0 Å². The maximum Gasteiger partial charge on any atom is 0.327 e. The van der Waals surface area contributed by atoms with Gasteiger partial charge >= 0.3 is 11.9 Å². The number of ether oxygens (including phenoxy) is 1. The van der Waals surface area contributed by atoms with Crippen molar-refractivity contribution < 1.29 is 29.0 Å². The highest BCUT2D eigenvalue weighted by Crippen LogP contribution is 2.11. The molecule has 0 fully saturated rings. The Labute approximate surface area is 167 Å². The summed E-state index contributed by atoms with van der Waals surface area (Å²) < 4.78 is 4.92. The molecule has 28 heavy (non-hydrogen) atoms. The number of aliphatic carboxylic acids is 1. The molecule has 1 unspecified atom stereocenters. The summed E-state index contributed by atoms with van der Waals surface area (Å²) in [6.45, 7) is 5.98. The number of carbonyl (C=O) groups excluding carboxylic acids is 3. The zero-order valence-electron chi connectivity index (χ0n) is 17.2. The topological polar surface area (TPSA) is 101 Å². The van der Waals surface area contributed by atoms with E-state index >= 15 is 0 Å². The van der Waals surface area contributed by atoms with Crippen LogP contribution in [-0.2, 0) is 23.9 Å². The third kappa shape index (κ3) is 10.6. The van der Waals surface area contributed by atoms with E-state index in [1.807, 2.05) is 20.8 Å². The van der Waals surface area contributed by atoms with Crippen LogP contribution in [0.15, 0.2) is 24.3 Å². The zero-order chi connectivity index (χ0) is 21.4. The van der Waals surface area contributed by atoms with Crippen molar-refractivity contribution in [2.24, 2.45) is 0 Å². The van der Waals surface area contributed by atoms with Gasteiger partial charge in [0, 0.05) is 0 Å². The number of rotatable bonds is 14. The zero-order valence-corrected chi connectivity index (χ0v) is 17.2. The summed E-state index contributed by atoms with van der Waals surface area (Å²) in [5.74, 6) is -3.70. The number of carbonyl (C=O) groups is 4. The van der Waals surface area contributed by atoms with Crippen molar-refractivity contribution in [1.29, 1.82) is 0 Å². The third-order valence-electron chi connectivity index (χ3n) is 3.87. The Morgan fingerprint density at radius 2 is 1.39 bits per heavy atom. The molecule has 1 N–H and O–H groups in total. The van der Waals surface area contributed by atoms with Gasteiger partial charge in [-0.15, -0.1) is 0 Å². The number of unbranched alkanes of at least 4 members (excludes halogenated alkanes) is 4. The minimum atomic E-state index is -1.61. The standard InChI is InChI=1S/C21H33NO6/c1-4-7-9-11-13-18(23)22(19(24)14-12-10-8-5-2)17(21(26)27)16-20(25)28-15-6-3/h11-14,17H,4-10,15-16H2,1-3H3,(H,26,27)/b13-11+,14-12+. The maximum atomic E-state index is 12.5. The Morgan fingerprint density at radius 3 is 1.79 bits per heavy atom. The largest absolute Gasteiger partial charge is 0.480 e. The fourth-order valence-electron chi connectivity index (χ4n) is 2.31. The van der Waals surface area contributed by atoms with Gasteiger partial charge in [0.25, 0.3) is 11.8 Å². The van der Waals surface area contributed by atoms with Crippen molar-refractivity contribution >= 4 is 23.8 Å². The Hall–Kier alpha value is -2.44. The number of amides is 2. The van der Waals surface area contributed by atoms with Gasteiger partial charge in [0.05, 0.1) is 13.0 Å². The first-order valence-electron chi connectivity index (χ1n) is 9.97. The van der Waals surface area contributed by atoms with Crippen molar-refractivity contribution in [3.8, 4) is 0 Å². The van der Waals surface area contributed by atoms with E-state index in [2.05, 4.69) is 0 Å². The molecule has 2 amide bonds. The predicted octanol–water partition coefficient (Wildman–Crippen LogP) is 3.63. The second kappa shape index (κ2) is 15.6. The Balaban J connectivity index is 5.48. The highest BCUT2D eigenvalue weighted by molar-refractivity contribution is 6.08. The molecule has 0 aromatic carbocycles. The normalized spacial score (nSPS) is 12.2. The molecule has 0 saturated heterocycles. The van der Waals surface area contributed by atoms with Gasteiger partial charge in [-0.2, -0.15) is 0 Å². The van der Waals surface area contributed by atoms with E-state index < -0.39 is 36.2 Å². The fourth-order valence-corrected chi connectivity index (χ4v) is 2.31. The van der Waals surface area contributed by atoms with Crippen LogP contribution >= 0.6 is 0 Å². The maximum absolute atomic E-state index is 12.5. The van der Waals surface area contributed by atoms with Gasteiger partial charge in [-0.1, -0.05) is 58.6 Å². The van der Waals surface area contributed by atoms with E-state index in [4.69, 9.17) is 4.74 Å². The number of allylic oxidation sites excluding steroid dienone is 2. The molecule has 0 bridgehead atoms. The van der Waals surface area contributed by atoms with Crippen molar-refractivity contribution in [3.05, 3.63) is 24.3 Å². The number of nitrogens with zero attached hydrogens (tertiary/aromatic N) is 1. The molecule has 0 aliphatic heterocycles. The van der Waals surface area contributed by atoms with Crippen molar-refractivity contribution in [2.75, 3.05) is 6.61 Å². The summed E-state index contributed by atoms with van der Waals surface area (Å²) in [5, 5.41) is 9.53. The molecule has 0 saturated carbocycles. The minimum absolute atomic E-state index is 0.154. The monoisotopic (exact) mass is 395 g/mol. The number of hydrogen-bond acceptors (Lipinski definition) is 5. The molecular formula is C21H33NO6. The van der Waals surface area contributed by atoms with Crippen LogP contribution in [0.3, 0.4) is 0 Å². The molecule has 0 spiro atoms. The molecule has 0 aromatic rings. The SMILES string of the molecule is CCCC/C=C/C(=O)N(C(=O)/C=C/CCCC)C(CC(=O)OCCC)C(=O)O. The number of esters is 1. The van der Waals surface area contributed by atoms with Gasteiger partial charge in [0.2, 0.25) is 0 Å². The average molecular weight is 395 g/mol. The fraction of sp³-hybridized carbons (Fsp3) is 0.619. The van der Waals surface area contributed by atoms with E-state index in [9.17, 15) is 24.3 Å². The van der Waals surface area contributed by atoms with Gasteiger partial charge in [-0.25, -0.2) is 4.79 Å². The van der Waals surface area contributed by atoms with Crippen LogP contribution in [0.4, 0.5) is 0 Å². The molecule has 0 aliphatic carbocycles. The lowest BCUT2D eigenvalue weighted by Crippen LogP contribution is -2.48. The summed E-state index contributed by atoms with van der Waals surface area (Å²) in [7, 11) is 0. The van der Waals surface area contributed by atoms with Crippen molar-refractivity contribution in [2.45, 2.75) is 78.2 Å². The molecule has 0 radical (unpaired) electrons. The molecule has 0 aliphatic rings. The van der Waals surface area contributed by atoms with E-state index in [1.54, 1.807) is 12.2 Å². The number of imide groups is 1. The number of carboxylic acids is 1. The predicted molar refractivity (Wildman–Crippen MR) is 106 cm³/mol. The lowest BCUT2D eigenvalue weighted by molar-refractivity contribution is -0.159. The van der Waals surface area contributed by atoms with Crippen LogP contribution in [0.1, 0.15) is 72.1 Å². The third-order valence-corrected chi connectivity index (χ3v) is 3.87. The highest BCUT2D eigenvalue weighted by Gasteiger charge is 2.35. The Morgan fingerprint density at radius 1 is 0.893 bits per heavy atom. The quantitative estimate of drug-likeness (QED) is 0.274. The van der Waals surface area contributed by atoms with Crippen LogP contribution in [0.2, 0.25) is 0 Å². The molecule has 158 valence electrons. The molecule has 0 rings (SSSR count). The second-order valence-corrected chi connectivity index (χ2v) is 6.41. The van der Waals surface area contributed by atoms with Gasteiger partial charge in [-0.3, -0.25) is 19.3 Å². The molecule has 0 aromatic heterocycles. The minimum Gasteiger partial charge on any atom is -0.480 e. The van der Waals surface area contributed by atoms with Crippen LogP contribution < -0.4 is 0 Å². The average Bonchev–Trinajstić information content (AvgIpc) is 2.66. The summed E-state index contributed by atoms with van der Waals surface area (Å²) in [6.07, 6.45) is 10.6. The van der Waals surface area contributed by atoms with E-state index in [0.29, 0.717) is 24.2 Å². The van der Waals surface area contributed by atoms with Crippen molar-refractivity contribution in [3.63, 3.8) is 0 Å². The second-order valence-electron chi connectivity index (χ2n) is 6.41. The summed E-state index contributed by atoms with van der Waals surface area (Å²) in [5.41, 5.74) is 0. The summed E-state index contributed by atoms with van der Waals surface area (Å²) in [4.78, 5) is 49.3. The van der Waals surface area contributed by atoms with Gasteiger partial charge < -0.3 is 9.84 Å². The van der Waals surface area contributed by atoms with E-state index in [1.165, 1.54) is 12.2 Å². The van der Waals surface area contributed by atoms with Gasteiger partial charge in [0.15, 0.2) is 0 Å². The molecule has 7 heteroatoms. The summed E-state index contributed by atoms with van der Waals surface area (Å²) in [6, 6.07) is -1.61.